The molecule has 7 heteroatoms. The summed E-state index contributed by atoms with van der Waals surface area (Å²) in [7, 11) is 1.63. The third kappa shape index (κ3) is 4.45. The normalized spacial score (nSPS) is 17.4. The minimum Gasteiger partial charge on any atom is -0.497 e. The van der Waals surface area contributed by atoms with Crippen LogP contribution in [0.15, 0.2) is 59.1 Å². The summed E-state index contributed by atoms with van der Waals surface area (Å²) in [5, 5.41) is 7.24. The van der Waals surface area contributed by atoms with Crippen LogP contribution in [0, 0.1) is 5.92 Å². The minimum absolute atomic E-state index is 0.0286. The Morgan fingerprint density at radius 3 is 2.70 bits per heavy atom. The van der Waals surface area contributed by atoms with Crippen LogP contribution in [0.25, 0.3) is 11.4 Å². The van der Waals surface area contributed by atoms with Gasteiger partial charge in [0, 0.05) is 18.7 Å². The molecule has 2 aromatic carbocycles. The summed E-state index contributed by atoms with van der Waals surface area (Å²) in [6.07, 6.45) is 1.75. The van der Waals surface area contributed by atoms with E-state index in [9.17, 15) is 4.79 Å². The van der Waals surface area contributed by atoms with E-state index in [1.165, 1.54) is 0 Å². The lowest BCUT2D eigenvalue weighted by molar-refractivity contribution is -0.125. The number of hydrogen-bond donors (Lipinski definition) is 1. The number of nitrogens with zero attached hydrogens (tertiary/aromatic N) is 3. The fourth-order valence-electron chi connectivity index (χ4n) is 3.72. The van der Waals surface area contributed by atoms with E-state index in [0.29, 0.717) is 18.4 Å². The van der Waals surface area contributed by atoms with E-state index in [1.54, 1.807) is 7.11 Å². The molecule has 156 valence electrons. The second-order valence-corrected chi connectivity index (χ2v) is 7.56. The molecule has 2 heterocycles. The fourth-order valence-corrected chi connectivity index (χ4v) is 3.72. The molecule has 1 fully saturated rings. The molecular formula is C23H26N4O3. The Labute approximate surface area is 176 Å². The molecule has 0 spiro atoms. The molecule has 1 N–H and O–H groups in total. The highest BCUT2D eigenvalue weighted by Crippen LogP contribution is 2.26. The third-order valence-electron chi connectivity index (χ3n) is 5.48. The van der Waals surface area contributed by atoms with Gasteiger partial charge in [-0.2, -0.15) is 4.98 Å². The Balaban J connectivity index is 1.40. The molecule has 0 saturated carbocycles. The molecule has 1 aliphatic rings. The molecule has 2 atom stereocenters. The molecule has 30 heavy (non-hydrogen) atoms. The van der Waals surface area contributed by atoms with Crippen LogP contribution in [0.5, 0.6) is 5.75 Å². The Morgan fingerprint density at radius 2 is 1.97 bits per heavy atom. The first-order valence-corrected chi connectivity index (χ1v) is 10.2. The Morgan fingerprint density at radius 1 is 1.20 bits per heavy atom. The van der Waals surface area contributed by atoms with Crippen molar-refractivity contribution in [2.24, 2.45) is 5.92 Å². The zero-order chi connectivity index (χ0) is 20.9. The van der Waals surface area contributed by atoms with Crippen LogP contribution in [0.3, 0.4) is 0 Å². The summed E-state index contributed by atoms with van der Waals surface area (Å²) < 4.78 is 10.7. The lowest BCUT2D eigenvalue weighted by Crippen LogP contribution is -2.43. The molecule has 0 unspecified atom stereocenters. The number of amides is 1. The van der Waals surface area contributed by atoms with Crippen molar-refractivity contribution in [3.8, 4) is 17.1 Å². The predicted octanol–water partition coefficient (Wildman–Crippen LogP) is 3.84. The van der Waals surface area contributed by atoms with Gasteiger partial charge in [-0.15, -0.1) is 0 Å². The van der Waals surface area contributed by atoms with Gasteiger partial charge in [0.15, 0.2) is 0 Å². The number of ether oxygens (including phenoxy) is 1. The van der Waals surface area contributed by atoms with Crippen LogP contribution in [0.1, 0.15) is 31.4 Å². The van der Waals surface area contributed by atoms with Crippen molar-refractivity contribution in [3.63, 3.8) is 0 Å². The first-order chi connectivity index (χ1) is 14.6. The summed E-state index contributed by atoms with van der Waals surface area (Å²) in [4.78, 5) is 19.4. The number of rotatable bonds is 6. The average molecular weight is 406 g/mol. The van der Waals surface area contributed by atoms with Gasteiger partial charge in [-0.3, -0.25) is 4.79 Å². The molecule has 0 aliphatic carbocycles. The zero-order valence-electron chi connectivity index (χ0n) is 17.2. The van der Waals surface area contributed by atoms with Crippen molar-refractivity contribution in [1.29, 1.82) is 0 Å². The monoisotopic (exact) mass is 406 g/mol. The number of benzene rings is 2. The molecule has 7 nitrogen and oxygen atoms in total. The van der Waals surface area contributed by atoms with Crippen LogP contribution in [0.4, 0.5) is 6.01 Å². The smallest absolute Gasteiger partial charge is 0.324 e. The molecule has 1 aliphatic heterocycles. The van der Waals surface area contributed by atoms with Crippen molar-refractivity contribution in [3.05, 3.63) is 60.2 Å². The highest BCUT2D eigenvalue weighted by Gasteiger charge is 2.29. The van der Waals surface area contributed by atoms with E-state index in [-0.39, 0.29) is 17.9 Å². The Kier molecular flexibility index (Phi) is 5.97. The highest BCUT2D eigenvalue weighted by molar-refractivity contribution is 5.80. The summed E-state index contributed by atoms with van der Waals surface area (Å²) in [5.41, 5.74) is 1.95. The number of piperidine rings is 1. The number of carbonyl (C=O) groups is 1. The molecular weight excluding hydrogens is 380 g/mol. The number of aromatic nitrogens is 2. The van der Waals surface area contributed by atoms with Crippen molar-refractivity contribution in [1.82, 2.24) is 15.5 Å². The van der Waals surface area contributed by atoms with E-state index in [4.69, 9.17) is 9.26 Å². The van der Waals surface area contributed by atoms with E-state index in [0.717, 1.165) is 36.3 Å². The number of nitrogens with one attached hydrogen (secondary N) is 1. The van der Waals surface area contributed by atoms with Gasteiger partial charge in [0.1, 0.15) is 5.75 Å². The standard InChI is InChI=1S/C23H26N4O3/c1-16(17-7-4-3-5-8-17)24-22(28)19-9-6-14-27(15-19)23-25-21(26-30-23)18-10-12-20(29-2)13-11-18/h3-5,7-8,10-13,16,19H,6,9,14-15H2,1-2H3,(H,24,28)/t16-,19+/m1/s1. The second kappa shape index (κ2) is 8.98. The molecule has 1 amide bonds. The molecule has 3 aromatic rings. The Bertz CT molecular complexity index is 972. The molecule has 0 radical (unpaired) electrons. The Hall–Kier alpha value is -3.35. The van der Waals surface area contributed by atoms with Gasteiger partial charge < -0.3 is 19.5 Å². The lowest BCUT2D eigenvalue weighted by atomic mass is 9.96. The van der Waals surface area contributed by atoms with E-state index in [2.05, 4.69) is 15.5 Å². The maximum absolute atomic E-state index is 12.8. The second-order valence-electron chi connectivity index (χ2n) is 7.56. The predicted molar refractivity (Wildman–Crippen MR) is 114 cm³/mol. The van der Waals surface area contributed by atoms with E-state index < -0.39 is 0 Å². The van der Waals surface area contributed by atoms with Crippen LogP contribution in [-0.2, 0) is 4.79 Å². The number of anilines is 1. The fraction of sp³-hybridized carbons (Fsp3) is 0.348. The van der Waals surface area contributed by atoms with Crippen LogP contribution in [0.2, 0.25) is 0 Å². The van der Waals surface area contributed by atoms with Crippen molar-refractivity contribution in [2.75, 3.05) is 25.1 Å². The van der Waals surface area contributed by atoms with Gasteiger partial charge in [-0.05, 0) is 49.6 Å². The average Bonchev–Trinajstić information content (AvgIpc) is 3.30. The molecule has 1 aromatic heterocycles. The largest absolute Gasteiger partial charge is 0.497 e. The molecule has 4 rings (SSSR count). The van der Waals surface area contributed by atoms with Crippen LogP contribution >= 0.6 is 0 Å². The van der Waals surface area contributed by atoms with Crippen molar-refractivity contribution >= 4 is 11.9 Å². The first-order valence-electron chi connectivity index (χ1n) is 10.2. The summed E-state index contributed by atoms with van der Waals surface area (Å²) in [5.74, 6) is 1.25. The third-order valence-corrected chi connectivity index (χ3v) is 5.48. The maximum atomic E-state index is 12.8. The summed E-state index contributed by atoms with van der Waals surface area (Å²) >= 11 is 0. The highest BCUT2D eigenvalue weighted by atomic mass is 16.5. The summed E-state index contributed by atoms with van der Waals surface area (Å²) in [6.45, 7) is 3.37. The zero-order valence-corrected chi connectivity index (χ0v) is 17.2. The topological polar surface area (TPSA) is 80.5 Å². The molecule has 1 saturated heterocycles. The van der Waals surface area contributed by atoms with Crippen molar-refractivity contribution in [2.45, 2.75) is 25.8 Å². The maximum Gasteiger partial charge on any atom is 0.324 e. The number of hydrogen-bond acceptors (Lipinski definition) is 6. The van der Waals surface area contributed by atoms with Gasteiger partial charge >= 0.3 is 6.01 Å². The van der Waals surface area contributed by atoms with Crippen molar-refractivity contribution < 1.29 is 14.1 Å². The summed E-state index contributed by atoms with van der Waals surface area (Å²) in [6, 6.07) is 17.9. The number of carbonyl (C=O) groups excluding carboxylic acids is 1. The van der Waals surface area contributed by atoms with Gasteiger partial charge in [-0.1, -0.05) is 35.5 Å². The minimum atomic E-state index is -0.110. The van der Waals surface area contributed by atoms with Gasteiger partial charge in [0.2, 0.25) is 11.7 Å². The number of methoxy groups -OCH3 is 1. The quantitative estimate of drug-likeness (QED) is 0.670. The first kappa shape index (κ1) is 19.9. The van der Waals surface area contributed by atoms with Crippen LogP contribution in [-0.4, -0.2) is 36.2 Å². The lowest BCUT2D eigenvalue weighted by Gasteiger charge is -2.31. The SMILES string of the molecule is COc1ccc(-c2noc(N3CCC[C@H](C(=O)N[C@H](C)c4ccccc4)C3)n2)cc1. The van der Waals surface area contributed by atoms with E-state index in [1.807, 2.05) is 66.4 Å². The van der Waals surface area contributed by atoms with Gasteiger partial charge in [0.05, 0.1) is 19.1 Å². The van der Waals surface area contributed by atoms with Gasteiger partial charge in [-0.25, -0.2) is 0 Å². The van der Waals surface area contributed by atoms with Crippen LogP contribution < -0.4 is 15.0 Å². The van der Waals surface area contributed by atoms with Gasteiger partial charge in [0.25, 0.3) is 0 Å². The molecule has 0 bridgehead atoms. The van der Waals surface area contributed by atoms with E-state index >= 15 is 0 Å².